The Bertz CT molecular complexity index is 1090. The largest absolute Gasteiger partial charge is 0.345 e. The molecule has 0 amide bonds. The monoisotopic (exact) mass is 316 g/mol. The van der Waals surface area contributed by atoms with Gasteiger partial charge in [-0.1, -0.05) is 48.5 Å². The Kier molecular flexibility index (Phi) is 3.43. The summed E-state index contributed by atoms with van der Waals surface area (Å²) >= 11 is 0. The number of fused-ring (bicyclic) bond motifs is 1. The van der Waals surface area contributed by atoms with Crippen LogP contribution in [0.25, 0.3) is 33.3 Å². The first-order valence-electron chi connectivity index (χ1n) is 7.56. The van der Waals surface area contributed by atoms with Gasteiger partial charge in [0.1, 0.15) is 5.82 Å². The predicted molar refractivity (Wildman–Crippen MR) is 93.2 cm³/mol. The van der Waals surface area contributed by atoms with Gasteiger partial charge in [0.2, 0.25) is 0 Å². The zero-order valence-electron chi connectivity index (χ0n) is 12.7. The smallest absolute Gasteiger partial charge is 0.305 e. The molecule has 4 aromatic rings. The molecule has 0 atom stereocenters. The van der Waals surface area contributed by atoms with Crippen LogP contribution < -0.4 is 5.69 Å². The van der Waals surface area contributed by atoms with Gasteiger partial charge in [0.15, 0.2) is 0 Å². The van der Waals surface area contributed by atoms with Crippen molar-refractivity contribution in [3.8, 4) is 22.4 Å². The number of H-pyrrole nitrogens is 1. The second-order valence-electron chi connectivity index (χ2n) is 5.53. The van der Waals surface area contributed by atoms with Crippen molar-refractivity contribution in [2.45, 2.75) is 0 Å². The van der Waals surface area contributed by atoms with Crippen LogP contribution in [-0.2, 0) is 0 Å². The summed E-state index contributed by atoms with van der Waals surface area (Å²) in [6.07, 6.45) is 0. The maximum atomic E-state index is 13.5. The Morgan fingerprint density at radius 1 is 0.792 bits per heavy atom. The van der Waals surface area contributed by atoms with Gasteiger partial charge in [-0.05, 0) is 35.4 Å². The number of halogens is 1. The first kappa shape index (κ1) is 14.3. The molecule has 0 saturated carbocycles. The van der Waals surface area contributed by atoms with Gasteiger partial charge in [0.05, 0.1) is 11.2 Å². The van der Waals surface area contributed by atoms with E-state index < -0.39 is 0 Å². The van der Waals surface area contributed by atoms with Crippen LogP contribution in [0.4, 0.5) is 4.39 Å². The van der Waals surface area contributed by atoms with Crippen molar-refractivity contribution in [2.75, 3.05) is 0 Å². The number of aromatic nitrogens is 2. The fraction of sp³-hybridized carbons (Fsp3) is 0. The summed E-state index contributed by atoms with van der Waals surface area (Å²) in [7, 11) is 0. The summed E-state index contributed by atoms with van der Waals surface area (Å²) in [6.45, 7) is 0. The molecule has 4 rings (SSSR count). The number of nitrogens with one attached hydrogen (secondary N) is 1. The molecule has 1 aromatic heterocycles. The molecule has 0 fully saturated rings. The van der Waals surface area contributed by atoms with E-state index in [1.54, 1.807) is 6.07 Å². The second kappa shape index (κ2) is 5.74. The van der Waals surface area contributed by atoms with Gasteiger partial charge in [-0.15, -0.1) is 0 Å². The molecule has 116 valence electrons. The van der Waals surface area contributed by atoms with Crippen LogP contribution in [0.5, 0.6) is 0 Å². The van der Waals surface area contributed by atoms with E-state index in [0.717, 1.165) is 22.1 Å². The Balaban J connectivity index is 1.99. The molecule has 1 heterocycles. The highest BCUT2D eigenvalue weighted by Crippen LogP contribution is 2.29. The summed E-state index contributed by atoms with van der Waals surface area (Å²) in [6, 6.07) is 21.6. The fourth-order valence-electron chi connectivity index (χ4n) is 2.82. The highest BCUT2D eigenvalue weighted by atomic mass is 19.1. The van der Waals surface area contributed by atoms with Crippen molar-refractivity contribution in [3.63, 3.8) is 0 Å². The van der Waals surface area contributed by atoms with E-state index in [4.69, 9.17) is 0 Å². The maximum Gasteiger partial charge on any atom is 0.345 e. The number of benzene rings is 3. The molecule has 0 aliphatic heterocycles. The summed E-state index contributed by atoms with van der Waals surface area (Å²) in [4.78, 5) is 18.7. The lowest BCUT2D eigenvalue weighted by molar-refractivity contribution is 0.628. The van der Waals surface area contributed by atoms with E-state index in [1.165, 1.54) is 12.1 Å². The highest BCUT2D eigenvalue weighted by molar-refractivity contribution is 5.94. The fourth-order valence-corrected chi connectivity index (χ4v) is 2.82. The molecule has 1 N–H and O–H groups in total. The van der Waals surface area contributed by atoms with E-state index >= 15 is 0 Å². The van der Waals surface area contributed by atoms with Crippen molar-refractivity contribution in [3.05, 3.63) is 89.1 Å². The van der Waals surface area contributed by atoms with Crippen molar-refractivity contribution >= 4 is 10.9 Å². The molecular weight excluding hydrogens is 303 g/mol. The average molecular weight is 316 g/mol. The topological polar surface area (TPSA) is 45.8 Å². The SMILES string of the molecule is O=c1nc(-c2ccccc2)c2cc(-c3cccc(F)c3)ccc2[nH]1. The Morgan fingerprint density at radius 3 is 2.33 bits per heavy atom. The Hall–Kier alpha value is -3.27. The van der Waals surface area contributed by atoms with Gasteiger partial charge in [-0.2, -0.15) is 4.98 Å². The molecule has 3 aromatic carbocycles. The lowest BCUT2D eigenvalue weighted by atomic mass is 10.0. The van der Waals surface area contributed by atoms with Gasteiger partial charge >= 0.3 is 5.69 Å². The molecule has 0 aliphatic rings. The van der Waals surface area contributed by atoms with Gasteiger partial charge in [-0.25, -0.2) is 9.18 Å². The van der Waals surface area contributed by atoms with Crippen molar-refractivity contribution in [1.82, 2.24) is 9.97 Å². The standard InChI is InChI=1S/C20H13FN2O/c21-16-8-4-7-14(11-16)15-9-10-18-17(12-15)19(23-20(24)22-18)13-5-2-1-3-6-13/h1-12H,(H,22,23,24). The maximum absolute atomic E-state index is 13.5. The molecule has 0 spiro atoms. The minimum atomic E-state index is -0.389. The van der Waals surface area contributed by atoms with Crippen LogP contribution in [0.15, 0.2) is 77.6 Å². The molecule has 0 aliphatic carbocycles. The van der Waals surface area contributed by atoms with Crippen LogP contribution in [0.3, 0.4) is 0 Å². The van der Waals surface area contributed by atoms with Gasteiger partial charge in [0, 0.05) is 10.9 Å². The number of hydrogen-bond donors (Lipinski definition) is 1. The van der Waals surface area contributed by atoms with E-state index in [-0.39, 0.29) is 11.5 Å². The van der Waals surface area contributed by atoms with E-state index in [1.807, 2.05) is 54.6 Å². The number of rotatable bonds is 2. The summed E-state index contributed by atoms with van der Waals surface area (Å²) in [5.41, 5.74) is 3.45. The number of nitrogens with zero attached hydrogens (tertiary/aromatic N) is 1. The average Bonchev–Trinajstić information content (AvgIpc) is 2.61. The lowest BCUT2D eigenvalue weighted by Crippen LogP contribution is -2.11. The third-order valence-corrected chi connectivity index (χ3v) is 3.93. The molecule has 0 radical (unpaired) electrons. The molecule has 3 nitrogen and oxygen atoms in total. The predicted octanol–water partition coefficient (Wildman–Crippen LogP) is 4.40. The van der Waals surface area contributed by atoms with Crippen LogP contribution in [-0.4, -0.2) is 9.97 Å². The van der Waals surface area contributed by atoms with Gasteiger partial charge < -0.3 is 4.98 Å². The number of aromatic amines is 1. The van der Waals surface area contributed by atoms with Crippen LogP contribution >= 0.6 is 0 Å². The minimum absolute atomic E-state index is 0.282. The second-order valence-corrected chi connectivity index (χ2v) is 5.53. The highest BCUT2D eigenvalue weighted by Gasteiger charge is 2.09. The Labute approximate surface area is 137 Å². The first-order chi connectivity index (χ1) is 11.7. The quantitative estimate of drug-likeness (QED) is 0.596. The van der Waals surface area contributed by atoms with Gasteiger partial charge in [-0.3, -0.25) is 0 Å². The van der Waals surface area contributed by atoms with E-state index in [9.17, 15) is 9.18 Å². The summed E-state index contributed by atoms with van der Waals surface area (Å²) < 4.78 is 13.5. The van der Waals surface area contributed by atoms with Crippen molar-refractivity contribution < 1.29 is 4.39 Å². The third-order valence-electron chi connectivity index (χ3n) is 3.93. The zero-order valence-corrected chi connectivity index (χ0v) is 12.7. The van der Waals surface area contributed by atoms with E-state index in [0.29, 0.717) is 11.2 Å². The Morgan fingerprint density at radius 2 is 1.54 bits per heavy atom. The normalized spacial score (nSPS) is 10.9. The summed E-state index contributed by atoms with van der Waals surface area (Å²) in [5.74, 6) is -0.282. The molecular formula is C20H13FN2O. The first-order valence-corrected chi connectivity index (χ1v) is 7.56. The van der Waals surface area contributed by atoms with Gasteiger partial charge in [0.25, 0.3) is 0 Å². The molecule has 4 heteroatoms. The zero-order chi connectivity index (χ0) is 16.5. The van der Waals surface area contributed by atoms with Crippen LogP contribution in [0, 0.1) is 5.82 Å². The van der Waals surface area contributed by atoms with Crippen LogP contribution in [0.1, 0.15) is 0 Å². The lowest BCUT2D eigenvalue weighted by Gasteiger charge is -2.08. The van der Waals surface area contributed by atoms with Crippen molar-refractivity contribution in [2.24, 2.45) is 0 Å². The van der Waals surface area contributed by atoms with Crippen molar-refractivity contribution in [1.29, 1.82) is 0 Å². The molecule has 0 unspecified atom stereocenters. The minimum Gasteiger partial charge on any atom is -0.305 e. The third kappa shape index (κ3) is 2.58. The van der Waals surface area contributed by atoms with E-state index in [2.05, 4.69) is 9.97 Å². The molecule has 0 bridgehead atoms. The number of hydrogen-bond acceptors (Lipinski definition) is 2. The van der Waals surface area contributed by atoms with Crippen LogP contribution in [0.2, 0.25) is 0 Å². The molecule has 24 heavy (non-hydrogen) atoms. The summed E-state index contributed by atoms with van der Waals surface area (Å²) in [5, 5.41) is 0.822. The molecule has 0 saturated heterocycles.